The van der Waals surface area contributed by atoms with Gasteiger partial charge in [0.25, 0.3) is 5.24 Å². The van der Waals surface area contributed by atoms with Crippen LogP contribution in [0.3, 0.4) is 0 Å². The van der Waals surface area contributed by atoms with E-state index in [-0.39, 0.29) is 22.5 Å². The molecule has 136 valence electrons. The van der Waals surface area contributed by atoms with Gasteiger partial charge in [0.2, 0.25) is 0 Å². The highest BCUT2D eigenvalue weighted by Crippen LogP contribution is 2.31. The Hall–Kier alpha value is -0.720. The van der Waals surface area contributed by atoms with Gasteiger partial charge in [0.15, 0.2) is 6.23 Å². The molecule has 3 atom stereocenters. The third-order valence-corrected chi connectivity index (χ3v) is 6.14. The number of carbonyl (C=O) groups is 2. The van der Waals surface area contributed by atoms with Gasteiger partial charge in [0.1, 0.15) is 0 Å². The van der Waals surface area contributed by atoms with E-state index < -0.39 is 6.23 Å². The molecule has 2 N–H and O–H groups in total. The Kier molecular flexibility index (Phi) is 7.91. The van der Waals surface area contributed by atoms with E-state index >= 15 is 0 Å². The number of rotatable bonds is 8. The maximum atomic E-state index is 11.9. The molecule has 2 aliphatic rings. The van der Waals surface area contributed by atoms with Gasteiger partial charge in [-0.1, -0.05) is 25.8 Å². The Morgan fingerprint density at radius 1 is 1.50 bits per heavy atom. The van der Waals surface area contributed by atoms with Gasteiger partial charge in [-0.2, -0.15) is 0 Å². The molecule has 5 nitrogen and oxygen atoms in total. The molecule has 1 aliphatic heterocycles. The fraction of sp³-hybridized carbons (Fsp3) is 0.765. The van der Waals surface area contributed by atoms with E-state index in [4.69, 9.17) is 16.3 Å². The quantitative estimate of drug-likeness (QED) is 0.498. The summed E-state index contributed by atoms with van der Waals surface area (Å²) in [4.78, 5) is 23.8. The molecule has 1 unspecified atom stereocenters. The van der Waals surface area contributed by atoms with Gasteiger partial charge in [0.05, 0.1) is 6.61 Å². The van der Waals surface area contributed by atoms with Crippen molar-refractivity contribution in [3.05, 3.63) is 11.0 Å². The Labute approximate surface area is 152 Å². The van der Waals surface area contributed by atoms with Crippen LogP contribution in [0.2, 0.25) is 0 Å². The van der Waals surface area contributed by atoms with Gasteiger partial charge in [0, 0.05) is 16.7 Å². The summed E-state index contributed by atoms with van der Waals surface area (Å²) in [7, 11) is 0. The summed E-state index contributed by atoms with van der Waals surface area (Å²) in [6.45, 7) is 2.29. The number of ether oxygens (including phenoxy) is 1. The van der Waals surface area contributed by atoms with Crippen molar-refractivity contribution in [2.75, 3.05) is 6.61 Å². The molecule has 7 heteroatoms. The molecule has 0 spiro atoms. The van der Waals surface area contributed by atoms with E-state index in [1.807, 2.05) is 13.0 Å². The third kappa shape index (κ3) is 5.97. The molecule has 1 heterocycles. The summed E-state index contributed by atoms with van der Waals surface area (Å²) < 4.78 is 5.36. The fourth-order valence-corrected chi connectivity index (χ4v) is 4.20. The number of aliphatic hydroxyl groups excluding tert-OH is 1. The highest BCUT2D eigenvalue weighted by Gasteiger charge is 2.28. The number of halogens is 1. The first-order valence-corrected chi connectivity index (χ1v) is 9.92. The van der Waals surface area contributed by atoms with Gasteiger partial charge in [-0.3, -0.25) is 9.59 Å². The number of hydrogen-bond donors (Lipinski definition) is 2. The van der Waals surface area contributed by atoms with Crippen LogP contribution < -0.4 is 5.32 Å². The second kappa shape index (κ2) is 9.68. The normalized spacial score (nSPS) is 25.7. The molecule has 0 aromatic heterocycles. The minimum Gasteiger partial charge on any atom is -0.466 e. The lowest BCUT2D eigenvalue weighted by molar-refractivity contribution is -0.145. The third-order valence-electron chi connectivity index (χ3n) is 4.61. The predicted octanol–water partition coefficient (Wildman–Crippen LogP) is 3.79. The molecule has 0 aromatic carbocycles. The average Bonchev–Trinajstić information content (AvgIpc) is 3.15. The number of allylic oxidation sites excluding steroid dienone is 1. The summed E-state index contributed by atoms with van der Waals surface area (Å²) in [5, 5.41) is 11.8. The summed E-state index contributed by atoms with van der Waals surface area (Å²) in [6, 6.07) is 0. The van der Waals surface area contributed by atoms with Crippen molar-refractivity contribution >= 4 is 34.6 Å². The number of amides is 1. The smallest absolute Gasteiger partial charge is 0.306 e. The molecule has 1 aliphatic carbocycles. The number of alkyl halides is 1. The van der Waals surface area contributed by atoms with Crippen molar-refractivity contribution in [2.24, 2.45) is 11.8 Å². The largest absolute Gasteiger partial charge is 0.466 e. The number of aliphatic hydroxyl groups is 1. The molecule has 2 rings (SSSR count). The summed E-state index contributed by atoms with van der Waals surface area (Å²) in [5.74, 6) is 0.290. The second-order valence-electron chi connectivity index (χ2n) is 6.46. The highest BCUT2D eigenvalue weighted by atomic mass is 35.5. The molecule has 1 saturated heterocycles. The van der Waals surface area contributed by atoms with Crippen LogP contribution in [0.15, 0.2) is 11.0 Å². The van der Waals surface area contributed by atoms with Crippen molar-refractivity contribution in [3.63, 3.8) is 0 Å². The van der Waals surface area contributed by atoms with Crippen molar-refractivity contribution in [1.82, 2.24) is 5.32 Å². The monoisotopic (exact) mass is 375 g/mol. The van der Waals surface area contributed by atoms with E-state index in [2.05, 4.69) is 5.32 Å². The maximum absolute atomic E-state index is 11.9. The summed E-state index contributed by atoms with van der Waals surface area (Å²) >= 11 is 7.35. The standard InChI is InChI=1S/C17H26ClNO4S/c1-2-13(18)12(10-14-16(21)19-17(22)24-14)7-8-23-15(20)9-11-5-3-4-6-11/h10-13,16,21H,2-9H2,1H3,(H,19,22)/b14-10-/t12-,13?,16-/m1/s1. The van der Waals surface area contributed by atoms with Crippen molar-refractivity contribution in [1.29, 1.82) is 0 Å². The molecular formula is C17H26ClNO4S. The number of thioether (sulfide) groups is 1. The van der Waals surface area contributed by atoms with Crippen molar-refractivity contribution in [3.8, 4) is 0 Å². The van der Waals surface area contributed by atoms with Gasteiger partial charge in [-0.15, -0.1) is 11.6 Å². The molecule has 1 saturated carbocycles. The van der Waals surface area contributed by atoms with Crippen LogP contribution in [0, 0.1) is 11.8 Å². The van der Waals surface area contributed by atoms with Crippen LogP contribution >= 0.6 is 23.4 Å². The van der Waals surface area contributed by atoms with Gasteiger partial charge in [-0.25, -0.2) is 0 Å². The van der Waals surface area contributed by atoms with E-state index in [9.17, 15) is 14.7 Å². The topological polar surface area (TPSA) is 75.6 Å². The Balaban J connectivity index is 1.81. The van der Waals surface area contributed by atoms with Crippen LogP contribution in [0.25, 0.3) is 0 Å². The van der Waals surface area contributed by atoms with E-state index in [1.165, 1.54) is 12.8 Å². The predicted molar refractivity (Wildman–Crippen MR) is 95.8 cm³/mol. The summed E-state index contributed by atoms with van der Waals surface area (Å²) in [5.41, 5.74) is 0. The molecule has 1 amide bonds. The van der Waals surface area contributed by atoms with Crippen LogP contribution in [0.5, 0.6) is 0 Å². The zero-order valence-electron chi connectivity index (χ0n) is 14.0. The Morgan fingerprint density at radius 3 is 2.79 bits per heavy atom. The SMILES string of the molecule is CCC(Cl)[C@@H](/C=C1\SC(=O)N[C@@H]1O)CCOC(=O)CC1CCCC1. The first kappa shape index (κ1) is 19.6. The van der Waals surface area contributed by atoms with Gasteiger partial charge in [-0.05, 0) is 49.3 Å². The zero-order chi connectivity index (χ0) is 17.5. The van der Waals surface area contributed by atoms with Crippen molar-refractivity contribution < 1.29 is 19.4 Å². The van der Waals surface area contributed by atoms with Crippen LogP contribution in [-0.2, 0) is 9.53 Å². The molecule has 24 heavy (non-hydrogen) atoms. The highest BCUT2D eigenvalue weighted by molar-refractivity contribution is 8.17. The maximum Gasteiger partial charge on any atom is 0.306 e. The second-order valence-corrected chi connectivity index (χ2v) is 8.06. The van der Waals surface area contributed by atoms with Crippen LogP contribution in [0.1, 0.15) is 51.9 Å². The summed E-state index contributed by atoms with van der Waals surface area (Å²) in [6.07, 6.45) is 7.40. The molecule has 0 bridgehead atoms. The van der Waals surface area contributed by atoms with Gasteiger partial charge < -0.3 is 15.2 Å². The number of esters is 1. The molecular weight excluding hydrogens is 350 g/mol. The Morgan fingerprint density at radius 2 is 2.21 bits per heavy atom. The number of hydrogen-bond acceptors (Lipinski definition) is 5. The lowest BCUT2D eigenvalue weighted by atomic mass is 9.98. The minimum atomic E-state index is -0.962. The fourth-order valence-electron chi connectivity index (χ4n) is 3.20. The first-order valence-electron chi connectivity index (χ1n) is 8.67. The molecule has 2 fully saturated rings. The zero-order valence-corrected chi connectivity index (χ0v) is 15.6. The van der Waals surface area contributed by atoms with Crippen molar-refractivity contribution in [2.45, 2.75) is 63.5 Å². The van der Waals surface area contributed by atoms with Gasteiger partial charge >= 0.3 is 5.97 Å². The van der Waals surface area contributed by atoms with E-state index in [0.717, 1.165) is 31.0 Å². The van der Waals surface area contributed by atoms with E-state index in [1.54, 1.807) is 0 Å². The molecule has 0 radical (unpaired) electrons. The molecule has 0 aromatic rings. The first-order chi connectivity index (χ1) is 11.5. The Bertz CT molecular complexity index is 479. The number of carbonyl (C=O) groups excluding carboxylic acids is 2. The number of nitrogens with one attached hydrogen (secondary N) is 1. The van der Waals surface area contributed by atoms with E-state index in [0.29, 0.717) is 30.3 Å². The average molecular weight is 376 g/mol. The lowest BCUT2D eigenvalue weighted by Crippen LogP contribution is -2.25. The lowest BCUT2D eigenvalue weighted by Gasteiger charge is -2.19. The van der Waals surface area contributed by atoms with Crippen LogP contribution in [0.4, 0.5) is 4.79 Å². The minimum absolute atomic E-state index is 0.0548. The van der Waals surface area contributed by atoms with Crippen LogP contribution in [-0.4, -0.2) is 34.5 Å².